The van der Waals surface area contributed by atoms with Gasteiger partial charge in [-0.3, -0.25) is 9.48 Å². The Balaban J connectivity index is 1.33. The lowest BCUT2D eigenvalue weighted by atomic mass is 10.2. The molecule has 4 rings (SSSR count). The molecule has 2 heterocycles. The van der Waals surface area contributed by atoms with Gasteiger partial charge in [-0.05, 0) is 24.1 Å². The van der Waals surface area contributed by atoms with Crippen LogP contribution in [-0.2, 0) is 23.2 Å². The summed E-state index contributed by atoms with van der Waals surface area (Å²) in [4.78, 5) is 16.5. The minimum Gasteiger partial charge on any atom is -0.459 e. The molecular weight excluding hydrogens is 306 g/mol. The molecule has 3 aromatic rings. The first kappa shape index (κ1) is 14.7. The van der Waals surface area contributed by atoms with Gasteiger partial charge in [-0.25, -0.2) is 4.98 Å². The van der Waals surface area contributed by atoms with E-state index in [1.807, 2.05) is 49.8 Å². The van der Waals surface area contributed by atoms with Crippen molar-refractivity contribution in [3.8, 4) is 11.5 Å². The van der Waals surface area contributed by atoms with E-state index in [1.165, 1.54) is 6.26 Å². The lowest BCUT2D eigenvalue weighted by molar-refractivity contribution is -0.146. The van der Waals surface area contributed by atoms with Crippen LogP contribution in [0.3, 0.4) is 0 Å². The van der Waals surface area contributed by atoms with E-state index in [4.69, 9.17) is 9.15 Å². The summed E-state index contributed by atoms with van der Waals surface area (Å²) in [6, 6.07) is 9.62. The van der Waals surface area contributed by atoms with Gasteiger partial charge in [-0.15, -0.1) is 0 Å². The molecule has 2 atom stereocenters. The van der Waals surface area contributed by atoms with E-state index in [9.17, 15) is 4.79 Å². The molecule has 6 heteroatoms. The third-order valence-electron chi connectivity index (χ3n) is 4.18. The number of hydrogen-bond donors (Lipinski definition) is 0. The summed E-state index contributed by atoms with van der Waals surface area (Å²) in [5.74, 6) is 0.493. The van der Waals surface area contributed by atoms with Gasteiger partial charge in [0.1, 0.15) is 18.6 Å². The minimum atomic E-state index is -0.187. The van der Waals surface area contributed by atoms with E-state index >= 15 is 0 Å². The van der Waals surface area contributed by atoms with Crippen molar-refractivity contribution in [3.05, 3.63) is 60.2 Å². The first-order valence-electron chi connectivity index (χ1n) is 7.86. The van der Waals surface area contributed by atoms with E-state index in [-0.39, 0.29) is 24.4 Å². The van der Waals surface area contributed by atoms with Crippen molar-refractivity contribution in [2.45, 2.75) is 18.9 Å². The third-order valence-corrected chi connectivity index (χ3v) is 4.18. The average molecular weight is 323 g/mol. The van der Waals surface area contributed by atoms with Crippen LogP contribution in [0.5, 0.6) is 0 Å². The van der Waals surface area contributed by atoms with E-state index in [2.05, 4.69) is 10.1 Å². The molecule has 122 valence electrons. The van der Waals surface area contributed by atoms with Gasteiger partial charge >= 0.3 is 5.97 Å². The summed E-state index contributed by atoms with van der Waals surface area (Å²) >= 11 is 0. The molecule has 0 saturated heterocycles. The summed E-state index contributed by atoms with van der Waals surface area (Å²) in [5.41, 5.74) is 2.60. The highest BCUT2D eigenvalue weighted by Crippen LogP contribution is 2.48. The zero-order chi connectivity index (χ0) is 16.5. The molecule has 0 spiro atoms. The van der Waals surface area contributed by atoms with Crippen LogP contribution in [0.2, 0.25) is 0 Å². The Morgan fingerprint density at radius 3 is 2.96 bits per heavy atom. The number of aromatic nitrogens is 3. The highest BCUT2D eigenvalue weighted by molar-refractivity contribution is 5.77. The van der Waals surface area contributed by atoms with Crippen molar-refractivity contribution in [3.63, 3.8) is 0 Å². The zero-order valence-electron chi connectivity index (χ0n) is 13.3. The molecule has 0 bridgehead atoms. The number of rotatable bonds is 5. The molecule has 0 aliphatic heterocycles. The summed E-state index contributed by atoms with van der Waals surface area (Å²) in [6.07, 6.45) is 6.10. The molecule has 1 aromatic carbocycles. The van der Waals surface area contributed by atoms with Crippen LogP contribution in [-0.4, -0.2) is 20.7 Å². The van der Waals surface area contributed by atoms with Gasteiger partial charge in [0.25, 0.3) is 0 Å². The van der Waals surface area contributed by atoms with E-state index in [1.54, 1.807) is 4.68 Å². The van der Waals surface area contributed by atoms with Gasteiger partial charge in [0, 0.05) is 24.7 Å². The molecule has 0 N–H and O–H groups in total. The first-order valence-corrected chi connectivity index (χ1v) is 7.86. The van der Waals surface area contributed by atoms with Crippen LogP contribution in [0.1, 0.15) is 23.6 Å². The molecular formula is C18H17N3O3. The maximum Gasteiger partial charge on any atom is 0.309 e. The number of oxazole rings is 1. The Labute approximate surface area is 139 Å². The van der Waals surface area contributed by atoms with E-state index < -0.39 is 0 Å². The number of hydrogen-bond acceptors (Lipinski definition) is 5. The van der Waals surface area contributed by atoms with Crippen molar-refractivity contribution >= 4 is 5.97 Å². The maximum absolute atomic E-state index is 12.1. The van der Waals surface area contributed by atoms with Gasteiger partial charge in [0.2, 0.25) is 5.89 Å². The predicted molar refractivity (Wildman–Crippen MR) is 85.8 cm³/mol. The SMILES string of the molecule is Cn1cc([C@H]2C[C@@H]2C(=O)OCc2coc(-c3ccccc3)n2)cn1. The quantitative estimate of drug-likeness (QED) is 0.675. The van der Waals surface area contributed by atoms with E-state index in [0.717, 1.165) is 17.5 Å². The number of esters is 1. The zero-order valence-corrected chi connectivity index (χ0v) is 13.3. The molecule has 1 fully saturated rings. The molecule has 24 heavy (non-hydrogen) atoms. The van der Waals surface area contributed by atoms with Crippen molar-refractivity contribution in [2.24, 2.45) is 13.0 Å². The van der Waals surface area contributed by atoms with Gasteiger partial charge in [-0.2, -0.15) is 5.10 Å². The summed E-state index contributed by atoms with van der Waals surface area (Å²) in [5, 5.41) is 4.14. The molecule has 0 amide bonds. The van der Waals surface area contributed by atoms with E-state index in [0.29, 0.717) is 11.6 Å². The topological polar surface area (TPSA) is 70.2 Å². The fourth-order valence-corrected chi connectivity index (χ4v) is 2.79. The van der Waals surface area contributed by atoms with Crippen LogP contribution < -0.4 is 0 Å². The molecule has 1 aliphatic rings. The minimum absolute atomic E-state index is 0.0744. The number of nitrogens with zero attached hydrogens (tertiary/aromatic N) is 3. The lowest BCUT2D eigenvalue weighted by Gasteiger charge is -2.01. The van der Waals surface area contributed by atoms with Gasteiger partial charge in [-0.1, -0.05) is 18.2 Å². The van der Waals surface area contributed by atoms with Crippen LogP contribution in [0, 0.1) is 5.92 Å². The summed E-state index contributed by atoms with van der Waals surface area (Å²) < 4.78 is 12.6. The van der Waals surface area contributed by atoms with Crippen molar-refractivity contribution < 1.29 is 13.9 Å². The standard InChI is InChI=1S/C18H17N3O3/c1-21-9-13(8-19-21)15-7-16(15)18(22)24-11-14-10-23-17(20-14)12-5-3-2-4-6-12/h2-6,8-10,15-16H,7,11H2,1H3/t15-,16+/m1/s1. The molecule has 0 unspecified atom stereocenters. The Bertz CT molecular complexity index is 853. The number of aryl methyl sites for hydroxylation is 1. The maximum atomic E-state index is 12.1. The molecule has 1 saturated carbocycles. The molecule has 0 radical (unpaired) electrons. The third kappa shape index (κ3) is 2.95. The highest BCUT2D eigenvalue weighted by atomic mass is 16.5. The number of benzene rings is 1. The second-order valence-corrected chi connectivity index (χ2v) is 6.01. The highest BCUT2D eigenvalue weighted by Gasteiger charge is 2.45. The lowest BCUT2D eigenvalue weighted by Crippen LogP contribution is -2.08. The first-order chi connectivity index (χ1) is 11.7. The fourth-order valence-electron chi connectivity index (χ4n) is 2.79. The summed E-state index contributed by atoms with van der Waals surface area (Å²) in [7, 11) is 1.87. The number of carbonyl (C=O) groups excluding carboxylic acids is 1. The fraction of sp³-hybridized carbons (Fsp3) is 0.278. The summed E-state index contributed by atoms with van der Waals surface area (Å²) in [6.45, 7) is 0.130. The Morgan fingerprint density at radius 1 is 1.38 bits per heavy atom. The average Bonchev–Trinajstić information content (AvgIpc) is 3.05. The number of ether oxygens (including phenoxy) is 1. The predicted octanol–water partition coefficient (Wildman–Crippen LogP) is 2.92. The Morgan fingerprint density at radius 2 is 2.21 bits per heavy atom. The van der Waals surface area contributed by atoms with Crippen LogP contribution in [0.25, 0.3) is 11.5 Å². The van der Waals surface area contributed by atoms with Crippen molar-refractivity contribution in [2.75, 3.05) is 0 Å². The molecule has 1 aliphatic carbocycles. The second-order valence-electron chi connectivity index (χ2n) is 6.01. The van der Waals surface area contributed by atoms with Crippen molar-refractivity contribution in [1.29, 1.82) is 0 Å². The second kappa shape index (κ2) is 5.96. The van der Waals surface area contributed by atoms with Gasteiger partial charge in [0.15, 0.2) is 0 Å². The van der Waals surface area contributed by atoms with Gasteiger partial charge < -0.3 is 9.15 Å². The molecule has 2 aromatic heterocycles. The number of carbonyl (C=O) groups is 1. The van der Waals surface area contributed by atoms with Crippen molar-refractivity contribution in [1.82, 2.24) is 14.8 Å². The smallest absolute Gasteiger partial charge is 0.309 e. The van der Waals surface area contributed by atoms with Crippen LogP contribution >= 0.6 is 0 Å². The monoisotopic (exact) mass is 323 g/mol. The Kier molecular flexibility index (Phi) is 3.65. The molecule has 6 nitrogen and oxygen atoms in total. The van der Waals surface area contributed by atoms with Crippen LogP contribution in [0.4, 0.5) is 0 Å². The largest absolute Gasteiger partial charge is 0.459 e. The Hall–Kier alpha value is -2.89. The van der Waals surface area contributed by atoms with Crippen LogP contribution in [0.15, 0.2) is 53.4 Å². The van der Waals surface area contributed by atoms with Gasteiger partial charge in [0.05, 0.1) is 12.1 Å². The normalized spacial score (nSPS) is 19.2.